The van der Waals surface area contributed by atoms with Crippen LogP contribution in [0.25, 0.3) is 0 Å². The third-order valence-electron chi connectivity index (χ3n) is 3.62. The fraction of sp³-hybridized carbons (Fsp3) is 0.500. The van der Waals surface area contributed by atoms with E-state index in [0.29, 0.717) is 24.5 Å². The van der Waals surface area contributed by atoms with E-state index in [-0.39, 0.29) is 11.9 Å². The van der Waals surface area contributed by atoms with Crippen LogP contribution in [0.3, 0.4) is 0 Å². The summed E-state index contributed by atoms with van der Waals surface area (Å²) in [4.78, 5) is 22.9. The Morgan fingerprint density at radius 3 is 2.41 bits per heavy atom. The Hall–Kier alpha value is -2.08. The van der Waals surface area contributed by atoms with Gasteiger partial charge in [0.25, 0.3) is 5.91 Å². The number of ether oxygens (including phenoxy) is 2. The number of nitrogens with one attached hydrogen (secondary N) is 1. The van der Waals surface area contributed by atoms with Crippen LogP contribution < -0.4 is 10.1 Å². The Balaban J connectivity index is 2.07. The molecule has 0 saturated carbocycles. The maximum absolute atomic E-state index is 12.3. The Morgan fingerprint density at radius 2 is 1.86 bits per heavy atom. The fourth-order valence-electron chi connectivity index (χ4n) is 2.55. The van der Waals surface area contributed by atoms with Crippen LogP contribution in [0.4, 0.5) is 0 Å². The van der Waals surface area contributed by atoms with Crippen molar-refractivity contribution < 1.29 is 24.2 Å². The van der Waals surface area contributed by atoms with Gasteiger partial charge in [0, 0.05) is 24.8 Å². The molecule has 0 radical (unpaired) electrons. The highest BCUT2D eigenvalue weighted by Crippen LogP contribution is 2.25. The molecule has 1 saturated heterocycles. The van der Waals surface area contributed by atoms with Crippen molar-refractivity contribution in [1.82, 2.24) is 5.32 Å². The van der Waals surface area contributed by atoms with E-state index >= 15 is 0 Å². The zero-order valence-corrected chi connectivity index (χ0v) is 12.8. The molecule has 2 N–H and O–H groups in total. The number of aliphatic carboxylic acids is 1. The van der Waals surface area contributed by atoms with E-state index < -0.39 is 12.6 Å². The minimum Gasteiger partial charge on any atom is -0.481 e. The summed E-state index contributed by atoms with van der Waals surface area (Å²) in [5.74, 6) is -0.631. The van der Waals surface area contributed by atoms with Gasteiger partial charge in [0.2, 0.25) is 0 Å². The molecule has 1 aliphatic heterocycles. The number of hydrogen-bond acceptors (Lipinski definition) is 4. The molecule has 2 rings (SSSR count). The van der Waals surface area contributed by atoms with Crippen LogP contribution in [0.5, 0.6) is 5.75 Å². The van der Waals surface area contributed by atoms with E-state index in [4.69, 9.17) is 14.6 Å². The second-order valence-electron chi connectivity index (χ2n) is 5.48. The normalized spacial score (nSPS) is 15.4. The molecule has 1 aliphatic rings. The molecule has 0 atom stereocenters. The van der Waals surface area contributed by atoms with Crippen LogP contribution in [0, 0.1) is 13.8 Å². The molecule has 6 heteroatoms. The van der Waals surface area contributed by atoms with Crippen molar-refractivity contribution >= 4 is 11.9 Å². The topological polar surface area (TPSA) is 84.9 Å². The lowest BCUT2D eigenvalue weighted by atomic mass is 10.0. The number of carboxylic acid groups (broad SMARTS) is 1. The van der Waals surface area contributed by atoms with Crippen LogP contribution in [0.2, 0.25) is 0 Å². The van der Waals surface area contributed by atoms with Crippen molar-refractivity contribution in [3.05, 3.63) is 28.8 Å². The maximum Gasteiger partial charge on any atom is 0.341 e. The van der Waals surface area contributed by atoms with Gasteiger partial charge in [-0.05, 0) is 49.9 Å². The Kier molecular flexibility index (Phi) is 5.38. The molecule has 0 aliphatic carbocycles. The number of rotatable bonds is 5. The molecular weight excluding hydrogens is 286 g/mol. The summed E-state index contributed by atoms with van der Waals surface area (Å²) in [6, 6.07) is 3.59. The number of carbonyl (C=O) groups is 2. The lowest BCUT2D eigenvalue weighted by molar-refractivity contribution is -0.139. The number of amides is 1. The largest absolute Gasteiger partial charge is 0.481 e. The van der Waals surface area contributed by atoms with Gasteiger partial charge in [-0.15, -0.1) is 0 Å². The van der Waals surface area contributed by atoms with Gasteiger partial charge < -0.3 is 19.9 Å². The highest BCUT2D eigenvalue weighted by Gasteiger charge is 2.18. The standard InChI is InChI=1S/C16H21NO5/c1-10-7-12(8-11(2)15(10)22-9-14(18)19)16(20)17-13-3-5-21-6-4-13/h7-8,13H,3-6,9H2,1-2H3,(H,17,20)(H,18,19). The van der Waals surface area contributed by atoms with Gasteiger partial charge in [0.05, 0.1) is 0 Å². The lowest BCUT2D eigenvalue weighted by Gasteiger charge is -2.23. The van der Waals surface area contributed by atoms with Crippen molar-refractivity contribution in [2.45, 2.75) is 32.7 Å². The molecule has 120 valence electrons. The monoisotopic (exact) mass is 307 g/mol. The highest BCUT2D eigenvalue weighted by atomic mass is 16.5. The van der Waals surface area contributed by atoms with Crippen LogP contribution in [0.15, 0.2) is 12.1 Å². The summed E-state index contributed by atoms with van der Waals surface area (Å²) in [6.45, 7) is 4.55. The van der Waals surface area contributed by atoms with Crippen molar-refractivity contribution in [3.8, 4) is 5.75 Å². The average Bonchev–Trinajstić information content (AvgIpc) is 2.47. The van der Waals surface area contributed by atoms with E-state index in [1.165, 1.54) is 0 Å². The Labute approximate surface area is 129 Å². The van der Waals surface area contributed by atoms with Gasteiger partial charge in [-0.3, -0.25) is 4.79 Å². The molecule has 22 heavy (non-hydrogen) atoms. The summed E-state index contributed by atoms with van der Waals surface area (Å²) in [7, 11) is 0. The molecule has 1 amide bonds. The quantitative estimate of drug-likeness (QED) is 0.864. The summed E-state index contributed by atoms with van der Waals surface area (Å²) < 4.78 is 10.5. The number of benzene rings is 1. The van der Waals surface area contributed by atoms with Gasteiger partial charge in [-0.25, -0.2) is 4.79 Å². The van der Waals surface area contributed by atoms with Crippen molar-refractivity contribution in [2.24, 2.45) is 0 Å². The van der Waals surface area contributed by atoms with Gasteiger partial charge in [0.1, 0.15) is 5.75 Å². The summed E-state index contributed by atoms with van der Waals surface area (Å²) >= 11 is 0. The maximum atomic E-state index is 12.3. The van der Waals surface area contributed by atoms with Crippen LogP contribution in [0.1, 0.15) is 34.3 Å². The minimum atomic E-state index is -1.03. The first-order valence-corrected chi connectivity index (χ1v) is 7.32. The summed E-state index contributed by atoms with van der Waals surface area (Å²) in [5, 5.41) is 11.7. The molecule has 0 bridgehead atoms. The van der Waals surface area contributed by atoms with Gasteiger partial charge in [-0.2, -0.15) is 0 Å². The molecule has 0 unspecified atom stereocenters. The molecular formula is C16H21NO5. The zero-order valence-electron chi connectivity index (χ0n) is 12.8. The molecule has 0 aromatic heterocycles. The second kappa shape index (κ2) is 7.26. The first kappa shape index (κ1) is 16.3. The highest BCUT2D eigenvalue weighted by molar-refractivity contribution is 5.95. The number of hydrogen-bond donors (Lipinski definition) is 2. The van der Waals surface area contributed by atoms with Crippen molar-refractivity contribution in [2.75, 3.05) is 19.8 Å². The number of aryl methyl sites for hydroxylation is 2. The molecule has 6 nitrogen and oxygen atoms in total. The zero-order chi connectivity index (χ0) is 16.1. The van der Waals surface area contributed by atoms with Gasteiger partial charge in [-0.1, -0.05) is 0 Å². The molecule has 1 fully saturated rings. The predicted octanol–water partition coefficient (Wildman–Crippen LogP) is 1.68. The third-order valence-corrected chi connectivity index (χ3v) is 3.62. The third kappa shape index (κ3) is 4.21. The Bertz CT molecular complexity index is 541. The van der Waals surface area contributed by atoms with E-state index in [9.17, 15) is 9.59 Å². The van der Waals surface area contributed by atoms with E-state index in [1.807, 2.05) is 0 Å². The van der Waals surface area contributed by atoms with E-state index in [0.717, 1.165) is 24.0 Å². The smallest absolute Gasteiger partial charge is 0.341 e. The number of carboxylic acids is 1. The molecule has 1 aromatic carbocycles. The predicted molar refractivity (Wildman–Crippen MR) is 80.4 cm³/mol. The number of carbonyl (C=O) groups excluding carboxylic acids is 1. The average molecular weight is 307 g/mol. The minimum absolute atomic E-state index is 0.122. The van der Waals surface area contributed by atoms with E-state index in [1.54, 1.807) is 26.0 Å². The molecule has 0 spiro atoms. The van der Waals surface area contributed by atoms with Crippen molar-refractivity contribution in [3.63, 3.8) is 0 Å². The first-order valence-electron chi connectivity index (χ1n) is 7.32. The second-order valence-corrected chi connectivity index (χ2v) is 5.48. The van der Waals surface area contributed by atoms with Crippen LogP contribution >= 0.6 is 0 Å². The SMILES string of the molecule is Cc1cc(C(=O)NC2CCOCC2)cc(C)c1OCC(=O)O. The summed E-state index contributed by atoms with van der Waals surface area (Å²) in [6.07, 6.45) is 1.65. The van der Waals surface area contributed by atoms with Crippen LogP contribution in [-0.4, -0.2) is 42.8 Å². The Morgan fingerprint density at radius 1 is 1.27 bits per heavy atom. The lowest BCUT2D eigenvalue weighted by Crippen LogP contribution is -2.38. The first-order chi connectivity index (χ1) is 10.5. The van der Waals surface area contributed by atoms with Crippen LogP contribution in [-0.2, 0) is 9.53 Å². The van der Waals surface area contributed by atoms with E-state index in [2.05, 4.69) is 5.32 Å². The van der Waals surface area contributed by atoms with Gasteiger partial charge in [0.15, 0.2) is 6.61 Å². The molecule has 1 heterocycles. The van der Waals surface area contributed by atoms with Crippen molar-refractivity contribution in [1.29, 1.82) is 0 Å². The van der Waals surface area contributed by atoms with Gasteiger partial charge >= 0.3 is 5.97 Å². The fourth-order valence-corrected chi connectivity index (χ4v) is 2.55. The summed E-state index contributed by atoms with van der Waals surface area (Å²) in [5.41, 5.74) is 2.06. The molecule has 1 aromatic rings.